The van der Waals surface area contributed by atoms with Gasteiger partial charge in [0.05, 0.1) is 0 Å². The average molecular weight is 398 g/mol. The lowest BCUT2D eigenvalue weighted by Crippen LogP contribution is -2.15. The zero-order valence-corrected chi connectivity index (χ0v) is 16.3. The van der Waals surface area contributed by atoms with Crippen molar-refractivity contribution in [1.82, 2.24) is 20.2 Å². The number of hydrogen-bond donors (Lipinski definition) is 1. The summed E-state index contributed by atoms with van der Waals surface area (Å²) in [7, 11) is 0. The Morgan fingerprint density at radius 1 is 1.14 bits per heavy atom. The summed E-state index contributed by atoms with van der Waals surface area (Å²) in [4.78, 5) is 25.5. The maximum atomic E-state index is 12.5. The van der Waals surface area contributed by atoms with Crippen molar-refractivity contribution < 1.29 is 9.59 Å². The fraction of sp³-hybridized carbons (Fsp3) is 0.250. The van der Waals surface area contributed by atoms with Crippen LogP contribution in [0.1, 0.15) is 30.6 Å². The van der Waals surface area contributed by atoms with Gasteiger partial charge in [0.15, 0.2) is 5.78 Å². The number of amides is 1. The van der Waals surface area contributed by atoms with E-state index < -0.39 is 0 Å². The van der Waals surface area contributed by atoms with Crippen LogP contribution in [0.2, 0.25) is 5.02 Å². The second-order valence-corrected chi connectivity index (χ2v) is 7.24. The maximum absolute atomic E-state index is 12.5. The molecule has 0 saturated carbocycles. The summed E-state index contributed by atoms with van der Waals surface area (Å²) in [6.07, 6.45) is 0.452. The van der Waals surface area contributed by atoms with Crippen molar-refractivity contribution in [3.63, 3.8) is 0 Å². The van der Waals surface area contributed by atoms with Crippen LogP contribution in [0.25, 0.3) is 11.4 Å². The summed E-state index contributed by atoms with van der Waals surface area (Å²) in [5.74, 6) is 0.482. The number of rotatable bonds is 7. The highest BCUT2D eigenvalue weighted by atomic mass is 35.5. The SMILES string of the molecule is CC(C)CC(=O)Nc1ccc(C(=O)Cn2nnc(-c3cccc(Cl)c3)n2)cc1. The molecule has 28 heavy (non-hydrogen) atoms. The number of ketones is 1. The van der Waals surface area contributed by atoms with Crippen LogP contribution in [0, 0.1) is 5.92 Å². The molecule has 0 aliphatic rings. The number of tetrazole rings is 1. The maximum Gasteiger partial charge on any atom is 0.224 e. The van der Waals surface area contributed by atoms with Gasteiger partial charge in [0.25, 0.3) is 0 Å². The fourth-order valence-corrected chi connectivity index (χ4v) is 2.79. The van der Waals surface area contributed by atoms with Gasteiger partial charge >= 0.3 is 0 Å². The van der Waals surface area contributed by atoms with Crippen molar-refractivity contribution in [2.75, 3.05) is 5.32 Å². The third-order valence-electron chi connectivity index (χ3n) is 3.90. The van der Waals surface area contributed by atoms with E-state index in [2.05, 4.69) is 20.7 Å². The highest BCUT2D eigenvalue weighted by Gasteiger charge is 2.12. The predicted molar refractivity (Wildman–Crippen MR) is 107 cm³/mol. The van der Waals surface area contributed by atoms with Crippen LogP contribution in [0.4, 0.5) is 5.69 Å². The minimum atomic E-state index is -0.157. The summed E-state index contributed by atoms with van der Waals surface area (Å²) in [5, 5.41) is 15.5. The highest BCUT2D eigenvalue weighted by Crippen LogP contribution is 2.18. The zero-order chi connectivity index (χ0) is 20.1. The molecule has 144 valence electrons. The summed E-state index contributed by atoms with van der Waals surface area (Å²) in [6, 6.07) is 13.9. The number of aromatic nitrogens is 4. The van der Waals surface area contributed by atoms with E-state index in [4.69, 9.17) is 11.6 Å². The molecule has 3 rings (SSSR count). The normalized spacial score (nSPS) is 10.9. The number of nitrogens with zero attached hydrogens (tertiary/aromatic N) is 4. The van der Waals surface area contributed by atoms with E-state index in [1.807, 2.05) is 19.9 Å². The summed E-state index contributed by atoms with van der Waals surface area (Å²) in [5.41, 5.74) is 1.89. The van der Waals surface area contributed by atoms with Crippen molar-refractivity contribution in [2.45, 2.75) is 26.8 Å². The highest BCUT2D eigenvalue weighted by molar-refractivity contribution is 6.30. The smallest absolute Gasteiger partial charge is 0.224 e. The first kappa shape index (κ1) is 19.7. The number of halogens is 1. The van der Waals surface area contributed by atoms with Gasteiger partial charge in [0.1, 0.15) is 6.54 Å². The Kier molecular flexibility index (Phi) is 6.16. The van der Waals surface area contributed by atoms with Crippen molar-refractivity contribution in [3.05, 3.63) is 59.1 Å². The number of benzene rings is 2. The van der Waals surface area contributed by atoms with Crippen LogP contribution in [0.5, 0.6) is 0 Å². The minimum absolute atomic E-state index is 0.0351. The summed E-state index contributed by atoms with van der Waals surface area (Å²) in [6.45, 7) is 3.93. The zero-order valence-electron chi connectivity index (χ0n) is 15.6. The molecule has 0 unspecified atom stereocenters. The summed E-state index contributed by atoms with van der Waals surface area (Å²) >= 11 is 5.97. The Morgan fingerprint density at radius 3 is 2.57 bits per heavy atom. The molecule has 3 aromatic rings. The molecule has 0 atom stereocenters. The number of Topliss-reactive ketones (excluding diaryl/α,β-unsaturated/α-hetero) is 1. The Bertz CT molecular complexity index is 982. The Hall–Kier alpha value is -3.06. The van der Waals surface area contributed by atoms with E-state index in [1.165, 1.54) is 4.80 Å². The lowest BCUT2D eigenvalue weighted by Gasteiger charge is -2.07. The topological polar surface area (TPSA) is 89.8 Å². The van der Waals surface area contributed by atoms with Crippen LogP contribution in [0.3, 0.4) is 0 Å². The number of hydrogen-bond acceptors (Lipinski definition) is 5. The lowest BCUT2D eigenvalue weighted by atomic mass is 10.1. The van der Waals surface area contributed by atoms with E-state index in [1.54, 1.807) is 42.5 Å². The van der Waals surface area contributed by atoms with Gasteiger partial charge < -0.3 is 5.32 Å². The lowest BCUT2D eigenvalue weighted by molar-refractivity contribution is -0.116. The van der Waals surface area contributed by atoms with E-state index in [9.17, 15) is 9.59 Å². The molecule has 2 aromatic carbocycles. The molecular weight excluding hydrogens is 378 g/mol. The second-order valence-electron chi connectivity index (χ2n) is 6.80. The molecular formula is C20H20ClN5O2. The van der Waals surface area contributed by atoms with Gasteiger partial charge in [-0.15, -0.1) is 10.2 Å². The van der Waals surface area contributed by atoms with E-state index in [0.29, 0.717) is 28.5 Å². The first-order chi connectivity index (χ1) is 13.4. The third kappa shape index (κ3) is 5.23. The monoisotopic (exact) mass is 397 g/mol. The average Bonchev–Trinajstić information content (AvgIpc) is 3.10. The largest absolute Gasteiger partial charge is 0.326 e. The Labute approximate surface area is 167 Å². The Morgan fingerprint density at radius 2 is 1.89 bits per heavy atom. The van der Waals surface area contributed by atoms with Crippen molar-refractivity contribution in [1.29, 1.82) is 0 Å². The summed E-state index contributed by atoms with van der Waals surface area (Å²) < 4.78 is 0. The minimum Gasteiger partial charge on any atom is -0.326 e. The molecule has 0 aliphatic carbocycles. The van der Waals surface area contributed by atoms with Crippen LogP contribution >= 0.6 is 11.6 Å². The third-order valence-corrected chi connectivity index (χ3v) is 4.14. The van der Waals surface area contributed by atoms with E-state index in [-0.39, 0.29) is 24.2 Å². The van der Waals surface area contributed by atoms with Crippen LogP contribution in [0.15, 0.2) is 48.5 Å². The van der Waals surface area contributed by atoms with Gasteiger partial charge in [0, 0.05) is 28.3 Å². The van der Waals surface area contributed by atoms with Gasteiger partial charge in [-0.1, -0.05) is 37.6 Å². The number of carbonyl (C=O) groups excluding carboxylic acids is 2. The Balaban J connectivity index is 1.63. The van der Waals surface area contributed by atoms with Crippen LogP contribution < -0.4 is 5.32 Å². The predicted octanol–water partition coefficient (Wildman–Crippen LogP) is 3.86. The molecule has 0 bridgehead atoms. The fourth-order valence-electron chi connectivity index (χ4n) is 2.60. The van der Waals surface area contributed by atoms with Crippen molar-refractivity contribution >= 4 is 29.0 Å². The molecule has 0 radical (unpaired) electrons. The number of nitrogens with one attached hydrogen (secondary N) is 1. The molecule has 1 amide bonds. The first-order valence-electron chi connectivity index (χ1n) is 8.87. The van der Waals surface area contributed by atoms with Crippen LogP contribution in [-0.2, 0) is 11.3 Å². The molecule has 7 nitrogen and oxygen atoms in total. The molecule has 0 aliphatic heterocycles. The van der Waals surface area contributed by atoms with Gasteiger partial charge in [-0.3, -0.25) is 9.59 Å². The van der Waals surface area contributed by atoms with Crippen molar-refractivity contribution in [3.8, 4) is 11.4 Å². The van der Waals surface area contributed by atoms with E-state index in [0.717, 1.165) is 5.56 Å². The standard InChI is InChI=1S/C20H20ClN5O2/c1-13(2)10-19(28)22-17-8-6-14(7-9-17)18(27)12-26-24-20(23-25-26)15-4-3-5-16(21)11-15/h3-9,11,13H,10,12H2,1-2H3,(H,22,28). The molecule has 1 aromatic heterocycles. The van der Waals surface area contributed by atoms with Gasteiger partial charge in [-0.2, -0.15) is 4.80 Å². The number of anilines is 1. The number of carbonyl (C=O) groups is 2. The van der Waals surface area contributed by atoms with Gasteiger partial charge in [-0.05, 0) is 47.5 Å². The molecule has 0 spiro atoms. The molecule has 0 fully saturated rings. The molecule has 8 heteroatoms. The van der Waals surface area contributed by atoms with Crippen LogP contribution in [-0.4, -0.2) is 31.9 Å². The van der Waals surface area contributed by atoms with Gasteiger partial charge in [0.2, 0.25) is 11.7 Å². The van der Waals surface area contributed by atoms with Gasteiger partial charge in [-0.25, -0.2) is 0 Å². The van der Waals surface area contributed by atoms with E-state index >= 15 is 0 Å². The quantitative estimate of drug-likeness (QED) is 0.611. The molecule has 0 saturated heterocycles. The molecule has 1 heterocycles. The second kappa shape index (κ2) is 8.75. The molecule has 1 N–H and O–H groups in total. The van der Waals surface area contributed by atoms with Crippen molar-refractivity contribution in [2.24, 2.45) is 5.92 Å². The first-order valence-corrected chi connectivity index (χ1v) is 9.25.